The van der Waals surface area contributed by atoms with Gasteiger partial charge in [-0.3, -0.25) is 4.72 Å². The molecular formula is C10H11ClIN5O2S. The zero-order chi connectivity index (χ0) is 14.9. The number of aromatic nitrogens is 3. The van der Waals surface area contributed by atoms with Crippen LogP contribution in [0.5, 0.6) is 0 Å². The van der Waals surface area contributed by atoms with Gasteiger partial charge in [-0.15, -0.1) is 5.10 Å². The van der Waals surface area contributed by atoms with E-state index in [0.717, 1.165) is 11.1 Å². The van der Waals surface area contributed by atoms with Crippen molar-refractivity contribution >= 4 is 55.9 Å². The second-order valence-corrected chi connectivity index (χ2v) is 6.72. The van der Waals surface area contributed by atoms with Gasteiger partial charge < -0.3 is 5.73 Å². The number of aromatic amines is 1. The van der Waals surface area contributed by atoms with Crippen LogP contribution in [0.3, 0.4) is 0 Å². The third kappa shape index (κ3) is 2.99. The van der Waals surface area contributed by atoms with Crippen LogP contribution in [0.15, 0.2) is 17.3 Å². The highest BCUT2D eigenvalue weighted by Crippen LogP contribution is 2.32. The average Bonchev–Trinajstić information content (AvgIpc) is 2.82. The number of nitrogens with zero attached hydrogens (tertiary/aromatic N) is 2. The summed E-state index contributed by atoms with van der Waals surface area (Å²) in [5.41, 5.74) is 7.41. The molecule has 0 fully saturated rings. The minimum absolute atomic E-state index is 0.144. The monoisotopic (exact) mass is 427 g/mol. The molecule has 7 nitrogen and oxygen atoms in total. The summed E-state index contributed by atoms with van der Waals surface area (Å²) in [6.45, 7) is 1.88. The lowest BCUT2D eigenvalue weighted by atomic mass is 10.1. The normalized spacial score (nSPS) is 11.6. The van der Waals surface area contributed by atoms with E-state index in [-0.39, 0.29) is 11.1 Å². The minimum atomic E-state index is -3.91. The first-order chi connectivity index (χ1) is 9.35. The molecular weight excluding hydrogens is 417 g/mol. The van der Waals surface area contributed by atoms with Crippen molar-refractivity contribution in [3.05, 3.63) is 28.3 Å². The van der Waals surface area contributed by atoms with Crippen molar-refractivity contribution < 1.29 is 8.42 Å². The summed E-state index contributed by atoms with van der Waals surface area (Å²) < 4.78 is 27.4. The number of anilines is 2. The summed E-state index contributed by atoms with van der Waals surface area (Å²) in [5, 5.41) is 5.71. The maximum atomic E-state index is 12.2. The van der Waals surface area contributed by atoms with Gasteiger partial charge in [-0.25, -0.2) is 5.10 Å². The van der Waals surface area contributed by atoms with Gasteiger partial charge in [0.05, 0.1) is 10.7 Å². The van der Waals surface area contributed by atoms with Crippen molar-refractivity contribution in [2.75, 3.05) is 10.5 Å². The number of nitrogens with two attached hydrogens (primary N) is 1. The molecule has 0 unspecified atom stereocenters. The number of alkyl halides is 1. The van der Waals surface area contributed by atoms with E-state index in [1.807, 2.05) is 13.0 Å². The van der Waals surface area contributed by atoms with E-state index in [4.69, 9.17) is 17.3 Å². The van der Waals surface area contributed by atoms with Gasteiger partial charge in [0.2, 0.25) is 5.95 Å². The molecule has 0 spiro atoms. The number of hydrogen-bond donors (Lipinski definition) is 3. The Bertz CT molecular complexity index is 746. The predicted octanol–water partition coefficient (Wildman–Crippen LogP) is 2.08. The highest BCUT2D eigenvalue weighted by atomic mass is 127. The van der Waals surface area contributed by atoms with Gasteiger partial charge in [0.1, 0.15) is 0 Å². The molecule has 1 aromatic carbocycles. The molecule has 0 aliphatic heterocycles. The third-order valence-electron chi connectivity index (χ3n) is 2.60. The Balaban J connectivity index is 2.47. The van der Waals surface area contributed by atoms with Crippen molar-refractivity contribution in [2.45, 2.75) is 16.5 Å². The quantitative estimate of drug-likeness (QED) is 0.511. The number of halogens is 2. The third-order valence-corrected chi connectivity index (χ3v) is 4.85. The molecule has 1 aromatic heterocycles. The molecule has 108 valence electrons. The van der Waals surface area contributed by atoms with Crippen LogP contribution >= 0.6 is 34.2 Å². The van der Waals surface area contributed by atoms with Crippen LogP contribution in [-0.2, 0) is 14.5 Å². The molecule has 10 heteroatoms. The number of sulfonamides is 1. The molecule has 2 rings (SSSR count). The first-order valence-corrected chi connectivity index (χ1v) is 8.78. The number of hydrogen-bond acceptors (Lipinski definition) is 5. The first kappa shape index (κ1) is 15.3. The standard InChI is InChI=1S/C10H11ClIN5O2S/c1-5-2-3-7(11)8(6(5)4-12)17-20(18,19)10-14-9(13)15-16-10/h2-3,17H,4H2,1H3,(H3,13,14,15,16). The number of rotatable bonds is 4. The fourth-order valence-electron chi connectivity index (χ4n) is 1.57. The van der Waals surface area contributed by atoms with Gasteiger partial charge >= 0.3 is 0 Å². The Morgan fingerprint density at radius 1 is 1.50 bits per heavy atom. The van der Waals surface area contributed by atoms with Crippen molar-refractivity contribution in [2.24, 2.45) is 0 Å². The molecule has 0 amide bonds. The molecule has 2 aromatic rings. The van der Waals surface area contributed by atoms with Gasteiger partial charge in [-0.1, -0.05) is 40.3 Å². The second kappa shape index (κ2) is 5.74. The zero-order valence-corrected chi connectivity index (χ0v) is 14.0. The number of nitrogens with one attached hydrogen (secondary N) is 2. The Morgan fingerprint density at radius 3 is 2.75 bits per heavy atom. The van der Waals surface area contributed by atoms with Crippen molar-refractivity contribution in [1.82, 2.24) is 15.2 Å². The van der Waals surface area contributed by atoms with Crippen LogP contribution in [0.2, 0.25) is 5.02 Å². The fourth-order valence-corrected chi connectivity index (χ4v) is 3.81. The largest absolute Gasteiger partial charge is 0.366 e. The van der Waals surface area contributed by atoms with Crippen LogP contribution in [0.1, 0.15) is 11.1 Å². The van der Waals surface area contributed by atoms with E-state index >= 15 is 0 Å². The lowest BCUT2D eigenvalue weighted by Gasteiger charge is -2.13. The topological polar surface area (TPSA) is 114 Å². The second-order valence-electron chi connectivity index (χ2n) is 3.96. The van der Waals surface area contributed by atoms with Crippen LogP contribution in [0.25, 0.3) is 0 Å². The molecule has 4 N–H and O–H groups in total. The van der Waals surface area contributed by atoms with Gasteiger partial charge in [-0.2, -0.15) is 13.4 Å². The predicted molar refractivity (Wildman–Crippen MR) is 85.5 cm³/mol. The Kier molecular flexibility index (Phi) is 4.39. The molecule has 1 heterocycles. The average molecular weight is 428 g/mol. The summed E-state index contributed by atoms with van der Waals surface area (Å²) >= 11 is 8.22. The first-order valence-electron chi connectivity index (χ1n) is 5.40. The van der Waals surface area contributed by atoms with Crippen molar-refractivity contribution in [3.8, 4) is 0 Å². The maximum Gasteiger partial charge on any atom is 0.297 e. The van der Waals surface area contributed by atoms with E-state index in [2.05, 4.69) is 42.5 Å². The highest BCUT2D eigenvalue weighted by Gasteiger charge is 2.22. The maximum absolute atomic E-state index is 12.2. The molecule has 0 radical (unpaired) electrons. The Labute approximate surface area is 134 Å². The SMILES string of the molecule is Cc1ccc(Cl)c(NS(=O)(=O)c2nc(N)n[nH]2)c1CI. The van der Waals surface area contributed by atoms with Crippen LogP contribution in [0, 0.1) is 6.92 Å². The number of H-pyrrole nitrogens is 1. The van der Waals surface area contributed by atoms with Crippen LogP contribution in [-0.4, -0.2) is 23.6 Å². The number of benzene rings is 1. The summed E-state index contributed by atoms with van der Waals surface area (Å²) in [4.78, 5) is 3.60. The summed E-state index contributed by atoms with van der Waals surface area (Å²) in [5.74, 6) is -0.144. The van der Waals surface area contributed by atoms with E-state index < -0.39 is 10.0 Å². The number of nitrogen functional groups attached to an aromatic ring is 1. The van der Waals surface area contributed by atoms with E-state index in [1.54, 1.807) is 6.07 Å². The summed E-state index contributed by atoms with van der Waals surface area (Å²) in [6.07, 6.45) is 0. The molecule has 0 bridgehead atoms. The molecule has 0 aliphatic carbocycles. The molecule has 0 saturated heterocycles. The van der Waals surface area contributed by atoms with Gasteiger partial charge in [0.15, 0.2) is 0 Å². The Morgan fingerprint density at radius 2 is 2.20 bits per heavy atom. The lowest BCUT2D eigenvalue weighted by Crippen LogP contribution is -2.16. The van der Waals surface area contributed by atoms with Crippen LogP contribution in [0.4, 0.5) is 11.6 Å². The smallest absolute Gasteiger partial charge is 0.297 e. The van der Waals surface area contributed by atoms with E-state index in [0.29, 0.717) is 15.1 Å². The summed E-state index contributed by atoms with van der Waals surface area (Å²) in [7, 11) is -3.91. The van der Waals surface area contributed by atoms with Gasteiger partial charge in [0.25, 0.3) is 15.2 Å². The molecule has 0 atom stereocenters. The van der Waals surface area contributed by atoms with E-state index in [1.165, 1.54) is 0 Å². The molecule has 20 heavy (non-hydrogen) atoms. The van der Waals surface area contributed by atoms with Crippen LogP contribution < -0.4 is 10.5 Å². The van der Waals surface area contributed by atoms with Gasteiger partial charge in [0, 0.05) is 4.43 Å². The van der Waals surface area contributed by atoms with Gasteiger partial charge in [-0.05, 0) is 24.1 Å². The summed E-state index contributed by atoms with van der Waals surface area (Å²) in [6, 6.07) is 3.47. The van der Waals surface area contributed by atoms with E-state index in [9.17, 15) is 8.42 Å². The highest BCUT2D eigenvalue weighted by molar-refractivity contribution is 14.1. The Hall–Kier alpha value is -1.07. The zero-order valence-electron chi connectivity index (χ0n) is 10.3. The molecule has 0 aliphatic rings. The lowest BCUT2D eigenvalue weighted by molar-refractivity contribution is 0.593. The minimum Gasteiger partial charge on any atom is -0.366 e. The number of aryl methyl sites for hydroxylation is 1. The molecule has 0 saturated carbocycles. The van der Waals surface area contributed by atoms with Crippen molar-refractivity contribution in [3.63, 3.8) is 0 Å². The van der Waals surface area contributed by atoms with Crippen molar-refractivity contribution in [1.29, 1.82) is 0 Å². The fraction of sp³-hybridized carbons (Fsp3) is 0.200.